The number of nitrogens with one attached hydrogen (secondary N) is 2. The molecule has 4 nitrogen and oxygen atoms in total. The van der Waals surface area contributed by atoms with E-state index < -0.39 is 0 Å². The fourth-order valence-corrected chi connectivity index (χ4v) is 1.93. The molecule has 0 aliphatic carbocycles. The highest BCUT2D eigenvalue weighted by Gasteiger charge is 2.33. The van der Waals surface area contributed by atoms with Crippen LogP contribution in [0.25, 0.3) is 0 Å². The van der Waals surface area contributed by atoms with Crippen LogP contribution in [0.4, 0.5) is 0 Å². The van der Waals surface area contributed by atoms with E-state index in [0.717, 1.165) is 25.9 Å². The van der Waals surface area contributed by atoms with Gasteiger partial charge in [0.15, 0.2) is 0 Å². The van der Waals surface area contributed by atoms with Gasteiger partial charge in [0.2, 0.25) is 5.91 Å². The molecule has 1 amide bonds. The van der Waals surface area contributed by atoms with Gasteiger partial charge in [-0.15, -0.1) is 0 Å². The largest absolute Gasteiger partial charge is 0.379 e. The topological polar surface area (TPSA) is 50.4 Å². The van der Waals surface area contributed by atoms with Crippen molar-refractivity contribution in [2.24, 2.45) is 11.3 Å². The predicted molar refractivity (Wildman–Crippen MR) is 73.5 cm³/mol. The van der Waals surface area contributed by atoms with Crippen molar-refractivity contribution in [2.75, 3.05) is 26.3 Å². The van der Waals surface area contributed by atoms with Gasteiger partial charge in [0.25, 0.3) is 0 Å². The predicted octanol–water partition coefficient (Wildman–Crippen LogP) is 1.55. The molecule has 2 unspecified atom stereocenters. The number of hydrogen-bond donors (Lipinski definition) is 2. The van der Waals surface area contributed by atoms with E-state index in [1.54, 1.807) is 0 Å². The first-order valence-electron chi connectivity index (χ1n) is 7.09. The summed E-state index contributed by atoms with van der Waals surface area (Å²) in [4.78, 5) is 12.2. The molecule has 0 saturated carbocycles. The van der Waals surface area contributed by atoms with E-state index >= 15 is 0 Å². The van der Waals surface area contributed by atoms with Gasteiger partial charge in [-0.25, -0.2) is 0 Å². The molecule has 106 valence electrons. The average Bonchev–Trinajstić information content (AvgIpc) is 2.82. The van der Waals surface area contributed by atoms with Crippen molar-refractivity contribution in [3.05, 3.63) is 0 Å². The first kappa shape index (κ1) is 15.4. The molecule has 1 fully saturated rings. The maximum Gasteiger partial charge on any atom is 0.227 e. The Hall–Kier alpha value is -0.610. The molecule has 1 saturated heterocycles. The molecule has 4 heteroatoms. The molecular formula is C14H28N2O2. The van der Waals surface area contributed by atoms with Crippen LogP contribution in [0.1, 0.15) is 40.5 Å². The zero-order chi connectivity index (χ0) is 13.6. The summed E-state index contributed by atoms with van der Waals surface area (Å²) in [5.41, 5.74) is 0.168. The lowest BCUT2D eigenvalue weighted by atomic mass is 9.90. The third-order valence-electron chi connectivity index (χ3n) is 3.77. The lowest BCUT2D eigenvalue weighted by molar-refractivity contribution is -0.125. The fraction of sp³-hybridized carbons (Fsp3) is 0.929. The van der Waals surface area contributed by atoms with Crippen molar-refractivity contribution in [2.45, 2.75) is 46.6 Å². The van der Waals surface area contributed by atoms with Gasteiger partial charge in [0, 0.05) is 12.6 Å². The molecule has 1 heterocycles. The average molecular weight is 256 g/mol. The highest BCUT2D eigenvalue weighted by Crippen LogP contribution is 2.19. The second-order valence-corrected chi connectivity index (χ2v) is 5.94. The first-order chi connectivity index (χ1) is 8.50. The van der Waals surface area contributed by atoms with Crippen LogP contribution in [0.5, 0.6) is 0 Å². The number of hydrogen-bond acceptors (Lipinski definition) is 3. The van der Waals surface area contributed by atoms with Gasteiger partial charge in [0.1, 0.15) is 0 Å². The molecule has 0 aromatic heterocycles. The quantitative estimate of drug-likeness (QED) is 0.726. The van der Waals surface area contributed by atoms with E-state index in [0.29, 0.717) is 13.2 Å². The molecule has 0 spiro atoms. The van der Waals surface area contributed by atoms with Crippen LogP contribution < -0.4 is 10.6 Å². The molecule has 1 aliphatic heterocycles. The Labute approximate surface area is 111 Å². The SMILES string of the molecule is CCCNC1COCC1C(=O)NCC(C)(C)CC. The fourth-order valence-electron chi connectivity index (χ4n) is 1.93. The van der Waals surface area contributed by atoms with Gasteiger partial charge in [-0.3, -0.25) is 4.79 Å². The minimum Gasteiger partial charge on any atom is -0.379 e. The van der Waals surface area contributed by atoms with E-state index in [2.05, 4.69) is 38.3 Å². The summed E-state index contributed by atoms with van der Waals surface area (Å²) in [5.74, 6) is 0.0897. The third-order valence-corrected chi connectivity index (χ3v) is 3.77. The number of rotatable bonds is 7. The van der Waals surface area contributed by atoms with Crippen LogP contribution in [0.2, 0.25) is 0 Å². The summed E-state index contributed by atoms with van der Waals surface area (Å²) in [6.07, 6.45) is 2.14. The molecule has 1 rings (SSSR count). The molecular weight excluding hydrogens is 228 g/mol. The second-order valence-electron chi connectivity index (χ2n) is 5.94. The van der Waals surface area contributed by atoms with Crippen molar-refractivity contribution in [1.82, 2.24) is 10.6 Å². The Balaban J connectivity index is 2.40. The Morgan fingerprint density at radius 2 is 2.06 bits per heavy atom. The van der Waals surface area contributed by atoms with E-state index in [1.807, 2.05) is 0 Å². The van der Waals surface area contributed by atoms with Gasteiger partial charge < -0.3 is 15.4 Å². The number of ether oxygens (including phenoxy) is 1. The van der Waals surface area contributed by atoms with E-state index in [9.17, 15) is 4.79 Å². The van der Waals surface area contributed by atoms with Crippen LogP contribution in [-0.2, 0) is 9.53 Å². The standard InChI is InChI=1S/C14H28N2O2/c1-5-7-15-12-9-18-8-11(12)13(17)16-10-14(3,4)6-2/h11-12,15H,5-10H2,1-4H3,(H,16,17). The van der Waals surface area contributed by atoms with E-state index in [4.69, 9.17) is 4.74 Å². The molecule has 1 aliphatic rings. The van der Waals surface area contributed by atoms with E-state index in [-0.39, 0.29) is 23.3 Å². The normalized spacial score (nSPS) is 24.2. The summed E-state index contributed by atoms with van der Waals surface area (Å²) >= 11 is 0. The van der Waals surface area contributed by atoms with Gasteiger partial charge in [0.05, 0.1) is 19.1 Å². The third kappa shape index (κ3) is 4.58. The molecule has 0 bridgehead atoms. The molecule has 18 heavy (non-hydrogen) atoms. The number of carbonyl (C=O) groups excluding carboxylic acids is 1. The Kier molecular flexibility index (Phi) is 6.09. The highest BCUT2D eigenvalue weighted by atomic mass is 16.5. The van der Waals surface area contributed by atoms with Gasteiger partial charge in [-0.05, 0) is 24.8 Å². The summed E-state index contributed by atoms with van der Waals surface area (Å²) in [7, 11) is 0. The summed E-state index contributed by atoms with van der Waals surface area (Å²) in [6.45, 7) is 11.5. The van der Waals surface area contributed by atoms with Crippen molar-refractivity contribution >= 4 is 5.91 Å². The summed E-state index contributed by atoms with van der Waals surface area (Å²) < 4.78 is 5.42. The maximum atomic E-state index is 12.2. The van der Waals surface area contributed by atoms with Gasteiger partial charge in [-0.1, -0.05) is 27.7 Å². The molecule has 2 atom stereocenters. The Bertz CT molecular complexity index is 267. The number of amides is 1. The lowest BCUT2D eigenvalue weighted by Gasteiger charge is -2.25. The zero-order valence-electron chi connectivity index (χ0n) is 12.2. The summed E-state index contributed by atoms with van der Waals surface area (Å²) in [6, 6.07) is 0.176. The van der Waals surface area contributed by atoms with Crippen molar-refractivity contribution in [3.63, 3.8) is 0 Å². The Morgan fingerprint density at radius 1 is 1.33 bits per heavy atom. The van der Waals surface area contributed by atoms with Crippen LogP contribution in [0.15, 0.2) is 0 Å². The molecule has 0 radical (unpaired) electrons. The van der Waals surface area contributed by atoms with E-state index in [1.165, 1.54) is 0 Å². The second kappa shape index (κ2) is 7.10. The smallest absolute Gasteiger partial charge is 0.227 e. The van der Waals surface area contributed by atoms with Crippen molar-refractivity contribution < 1.29 is 9.53 Å². The molecule has 2 N–H and O–H groups in total. The Morgan fingerprint density at radius 3 is 2.67 bits per heavy atom. The monoisotopic (exact) mass is 256 g/mol. The number of carbonyl (C=O) groups is 1. The van der Waals surface area contributed by atoms with Gasteiger partial charge >= 0.3 is 0 Å². The summed E-state index contributed by atoms with van der Waals surface area (Å²) in [5, 5.41) is 6.45. The van der Waals surface area contributed by atoms with Crippen LogP contribution >= 0.6 is 0 Å². The maximum absolute atomic E-state index is 12.2. The van der Waals surface area contributed by atoms with Crippen molar-refractivity contribution in [1.29, 1.82) is 0 Å². The van der Waals surface area contributed by atoms with Crippen LogP contribution in [-0.4, -0.2) is 38.3 Å². The lowest BCUT2D eigenvalue weighted by Crippen LogP contribution is -2.46. The van der Waals surface area contributed by atoms with Gasteiger partial charge in [-0.2, -0.15) is 0 Å². The molecule has 0 aromatic rings. The minimum atomic E-state index is -0.0378. The highest BCUT2D eigenvalue weighted by molar-refractivity contribution is 5.79. The van der Waals surface area contributed by atoms with Crippen LogP contribution in [0, 0.1) is 11.3 Å². The van der Waals surface area contributed by atoms with Crippen molar-refractivity contribution in [3.8, 4) is 0 Å². The molecule has 0 aromatic carbocycles. The first-order valence-corrected chi connectivity index (χ1v) is 7.09. The van der Waals surface area contributed by atoms with Crippen LogP contribution in [0.3, 0.4) is 0 Å². The minimum absolute atomic E-state index is 0.0378. The zero-order valence-corrected chi connectivity index (χ0v) is 12.2.